The molecule has 0 aliphatic carbocycles. The third kappa shape index (κ3) is 2.78. The van der Waals surface area contributed by atoms with Crippen LogP contribution in [0.15, 0.2) is 6.20 Å². The third-order valence-corrected chi connectivity index (χ3v) is 3.93. The molecule has 17 heavy (non-hydrogen) atoms. The molecule has 0 amide bonds. The number of hydrogen-bond acceptors (Lipinski definition) is 3. The number of hydrogen-bond donors (Lipinski definition) is 1. The number of nitrogens with zero attached hydrogens (tertiary/aromatic N) is 2. The molecule has 0 atom stereocenters. The molecule has 3 heteroatoms. The van der Waals surface area contributed by atoms with Gasteiger partial charge < -0.3 is 5.73 Å². The van der Waals surface area contributed by atoms with Crippen molar-refractivity contribution in [2.24, 2.45) is 5.92 Å². The maximum atomic E-state index is 6.05. The van der Waals surface area contributed by atoms with E-state index in [0.29, 0.717) is 0 Å². The number of rotatable bonds is 2. The highest BCUT2D eigenvalue weighted by Gasteiger charge is 2.17. The molecule has 0 aromatic carbocycles. The zero-order chi connectivity index (χ0) is 12.4. The number of piperidine rings is 1. The van der Waals surface area contributed by atoms with Gasteiger partial charge in [-0.1, -0.05) is 6.92 Å². The smallest absolute Gasteiger partial charge is 0.0593 e. The molecule has 1 fully saturated rings. The van der Waals surface area contributed by atoms with Crippen LogP contribution >= 0.6 is 0 Å². The fraction of sp³-hybridized carbons (Fsp3) is 0.643. The van der Waals surface area contributed by atoms with Crippen molar-refractivity contribution in [3.63, 3.8) is 0 Å². The lowest BCUT2D eigenvalue weighted by molar-refractivity contribution is 0.183. The van der Waals surface area contributed by atoms with Crippen LogP contribution in [0.2, 0.25) is 0 Å². The second-order valence-electron chi connectivity index (χ2n) is 5.39. The first kappa shape index (κ1) is 12.4. The van der Waals surface area contributed by atoms with Gasteiger partial charge in [-0.3, -0.25) is 9.88 Å². The van der Waals surface area contributed by atoms with Crippen LogP contribution in [-0.4, -0.2) is 23.0 Å². The van der Waals surface area contributed by atoms with Crippen LogP contribution in [-0.2, 0) is 6.54 Å². The highest BCUT2D eigenvalue weighted by molar-refractivity contribution is 5.53. The fourth-order valence-corrected chi connectivity index (χ4v) is 2.38. The molecular formula is C14H23N3. The number of aromatic nitrogens is 1. The molecule has 1 aliphatic rings. The Morgan fingerprint density at radius 1 is 1.35 bits per heavy atom. The van der Waals surface area contributed by atoms with Crippen LogP contribution in [0.1, 0.15) is 36.6 Å². The SMILES string of the molecule is Cc1cnc(CN2CCC(C)CC2)c(C)c1N. The molecule has 0 saturated carbocycles. The van der Waals surface area contributed by atoms with Gasteiger partial charge in [0.25, 0.3) is 0 Å². The molecule has 2 heterocycles. The summed E-state index contributed by atoms with van der Waals surface area (Å²) in [6.45, 7) is 9.76. The Labute approximate surface area is 104 Å². The molecule has 2 N–H and O–H groups in total. The summed E-state index contributed by atoms with van der Waals surface area (Å²) in [5.74, 6) is 0.878. The third-order valence-electron chi connectivity index (χ3n) is 3.93. The standard InChI is InChI=1S/C14H23N3/c1-10-4-6-17(7-5-10)9-13-12(3)14(15)11(2)8-16-13/h8,10H,4-7,9H2,1-3H3,(H2,15,16). The van der Waals surface area contributed by atoms with Gasteiger partial charge in [-0.25, -0.2) is 0 Å². The van der Waals surface area contributed by atoms with E-state index in [4.69, 9.17) is 5.73 Å². The lowest BCUT2D eigenvalue weighted by atomic mass is 9.99. The minimum atomic E-state index is 0.878. The Morgan fingerprint density at radius 3 is 2.65 bits per heavy atom. The molecule has 94 valence electrons. The van der Waals surface area contributed by atoms with E-state index < -0.39 is 0 Å². The Kier molecular flexibility index (Phi) is 3.67. The Morgan fingerprint density at radius 2 is 2.00 bits per heavy atom. The molecule has 1 aromatic rings. The molecule has 1 aromatic heterocycles. The molecule has 0 unspecified atom stereocenters. The van der Waals surface area contributed by atoms with E-state index in [1.165, 1.54) is 25.9 Å². The lowest BCUT2D eigenvalue weighted by Crippen LogP contribution is -2.32. The predicted molar refractivity (Wildman–Crippen MR) is 71.8 cm³/mol. The number of likely N-dealkylation sites (tertiary alicyclic amines) is 1. The van der Waals surface area contributed by atoms with Crippen molar-refractivity contribution in [1.29, 1.82) is 0 Å². The molecule has 1 aliphatic heterocycles. The minimum Gasteiger partial charge on any atom is -0.398 e. The average molecular weight is 233 g/mol. The van der Waals surface area contributed by atoms with Crippen LogP contribution < -0.4 is 5.73 Å². The number of anilines is 1. The van der Waals surface area contributed by atoms with Crippen molar-refractivity contribution >= 4 is 5.69 Å². The van der Waals surface area contributed by atoms with Crippen molar-refractivity contribution < 1.29 is 0 Å². The zero-order valence-corrected chi connectivity index (χ0v) is 11.2. The molecule has 1 saturated heterocycles. The number of aryl methyl sites for hydroxylation is 1. The van der Waals surface area contributed by atoms with Gasteiger partial charge >= 0.3 is 0 Å². The molecule has 2 rings (SSSR count). The van der Waals surface area contributed by atoms with E-state index in [1.807, 2.05) is 13.1 Å². The Bertz CT molecular complexity index is 393. The van der Waals surface area contributed by atoms with Crippen LogP contribution in [0, 0.1) is 19.8 Å². The summed E-state index contributed by atoms with van der Waals surface area (Å²) < 4.78 is 0. The first-order valence-electron chi connectivity index (χ1n) is 6.51. The minimum absolute atomic E-state index is 0.878. The average Bonchev–Trinajstić information content (AvgIpc) is 2.33. The van der Waals surface area contributed by atoms with Crippen LogP contribution in [0.4, 0.5) is 5.69 Å². The summed E-state index contributed by atoms with van der Waals surface area (Å²) in [7, 11) is 0. The normalized spacial score (nSPS) is 18.5. The Balaban J connectivity index is 2.06. The second-order valence-corrected chi connectivity index (χ2v) is 5.39. The van der Waals surface area contributed by atoms with Crippen molar-refractivity contribution in [3.8, 4) is 0 Å². The quantitative estimate of drug-likeness (QED) is 0.853. The van der Waals surface area contributed by atoms with E-state index in [-0.39, 0.29) is 0 Å². The highest BCUT2D eigenvalue weighted by atomic mass is 15.1. The first-order chi connectivity index (χ1) is 8.08. The van der Waals surface area contributed by atoms with Gasteiger partial charge in [-0.05, 0) is 56.8 Å². The molecular weight excluding hydrogens is 210 g/mol. The number of nitrogen functional groups attached to an aromatic ring is 1. The summed E-state index contributed by atoms with van der Waals surface area (Å²) >= 11 is 0. The van der Waals surface area contributed by atoms with E-state index in [9.17, 15) is 0 Å². The maximum Gasteiger partial charge on any atom is 0.0593 e. The van der Waals surface area contributed by atoms with Crippen LogP contribution in [0.5, 0.6) is 0 Å². The summed E-state index contributed by atoms with van der Waals surface area (Å²) in [6.07, 6.45) is 4.50. The van der Waals surface area contributed by atoms with E-state index in [1.54, 1.807) is 0 Å². The number of nitrogens with two attached hydrogens (primary N) is 1. The van der Waals surface area contributed by atoms with Gasteiger partial charge in [-0.15, -0.1) is 0 Å². The molecule has 0 bridgehead atoms. The number of pyridine rings is 1. The van der Waals surface area contributed by atoms with Gasteiger partial charge in [0.1, 0.15) is 0 Å². The molecule has 0 spiro atoms. The van der Waals surface area contributed by atoms with Gasteiger partial charge in [0.2, 0.25) is 0 Å². The highest BCUT2D eigenvalue weighted by Crippen LogP contribution is 2.22. The molecule has 3 nitrogen and oxygen atoms in total. The van der Waals surface area contributed by atoms with Crippen LogP contribution in [0.25, 0.3) is 0 Å². The largest absolute Gasteiger partial charge is 0.398 e. The van der Waals surface area contributed by atoms with E-state index in [2.05, 4.69) is 23.7 Å². The van der Waals surface area contributed by atoms with Gasteiger partial charge in [0.05, 0.1) is 5.69 Å². The summed E-state index contributed by atoms with van der Waals surface area (Å²) in [6, 6.07) is 0. The van der Waals surface area contributed by atoms with Gasteiger partial charge in [-0.2, -0.15) is 0 Å². The van der Waals surface area contributed by atoms with Gasteiger partial charge in [0, 0.05) is 18.4 Å². The van der Waals surface area contributed by atoms with Crippen molar-refractivity contribution in [2.75, 3.05) is 18.8 Å². The second kappa shape index (κ2) is 5.05. The summed E-state index contributed by atoms with van der Waals surface area (Å²) in [4.78, 5) is 7.02. The lowest BCUT2D eigenvalue weighted by Gasteiger charge is -2.30. The predicted octanol–water partition coefficient (Wildman–Crippen LogP) is 2.51. The fourth-order valence-electron chi connectivity index (χ4n) is 2.38. The summed E-state index contributed by atoms with van der Waals surface area (Å²) in [5, 5.41) is 0. The zero-order valence-electron chi connectivity index (χ0n) is 11.2. The van der Waals surface area contributed by atoms with E-state index >= 15 is 0 Å². The van der Waals surface area contributed by atoms with Crippen molar-refractivity contribution in [3.05, 3.63) is 23.0 Å². The maximum absolute atomic E-state index is 6.05. The van der Waals surface area contributed by atoms with Crippen molar-refractivity contribution in [1.82, 2.24) is 9.88 Å². The topological polar surface area (TPSA) is 42.2 Å². The monoisotopic (exact) mass is 233 g/mol. The van der Waals surface area contributed by atoms with Gasteiger partial charge in [0.15, 0.2) is 0 Å². The van der Waals surface area contributed by atoms with Crippen LogP contribution in [0.3, 0.4) is 0 Å². The molecule has 0 radical (unpaired) electrons. The Hall–Kier alpha value is -1.09. The van der Waals surface area contributed by atoms with E-state index in [0.717, 1.165) is 35.0 Å². The van der Waals surface area contributed by atoms with Crippen molar-refractivity contribution in [2.45, 2.75) is 40.2 Å². The summed E-state index contributed by atoms with van der Waals surface area (Å²) in [5.41, 5.74) is 10.3. The first-order valence-corrected chi connectivity index (χ1v) is 6.51.